The highest BCUT2D eigenvalue weighted by atomic mass is 32.1. The molecule has 1 fully saturated rings. The Bertz CT molecular complexity index is 347. The van der Waals surface area contributed by atoms with Crippen molar-refractivity contribution in [1.82, 2.24) is 0 Å². The van der Waals surface area contributed by atoms with Gasteiger partial charge in [0.25, 0.3) is 5.91 Å². The lowest BCUT2D eigenvalue weighted by molar-refractivity contribution is -0.908. The van der Waals surface area contributed by atoms with E-state index in [1.807, 2.05) is 6.07 Å². The van der Waals surface area contributed by atoms with Crippen LogP contribution in [0.4, 0.5) is 0 Å². The van der Waals surface area contributed by atoms with Gasteiger partial charge >= 0.3 is 0 Å². The third kappa shape index (κ3) is 4.11. The molecule has 1 aromatic rings. The van der Waals surface area contributed by atoms with E-state index in [0.29, 0.717) is 12.6 Å². The maximum absolute atomic E-state index is 11.1. The summed E-state index contributed by atoms with van der Waals surface area (Å²) < 4.78 is 5.61. The SMILES string of the molecule is NC(=O)C[NH+](Cc1cccs1)C[C@H]1CCCO1. The molecule has 17 heavy (non-hydrogen) atoms. The Kier molecular flexibility index (Phi) is 4.53. The molecule has 0 saturated carbocycles. The Labute approximate surface area is 105 Å². The number of quaternary nitrogens is 1. The zero-order valence-electron chi connectivity index (χ0n) is 9.85. The van der Waals surface area contributed by atoms with E-state index < -0.39 is 0 Å². The molecule has 4 nitrogen and oxygen atoms in total. The van der Waals surface area contributed by atoms with Crippen LogP contribution in [0.15, 0.2) is 17.5 Å². The van der Waals surface area contributed by atoms with Crippen molar-refractivity contribution in [3.8, 4) is 0 Å². The van der Waals surface area contributed by atoms with Crippen LogP contribution in [0.1, 0.15) is 17.7 Å². The first-order valence-corrected chi connectivity index (χ1v) is 6.88. The number of carbonyl (C=O) groups excluding carboxylic acids is 1. The minimum absolute atomic E-state index is 0.241. The number of hydrogen-bond donors (Lipinski definition) is 2. The number of hydrogen-bond acceptors (Lipinski definition) is 3. The highest BCUT2D eigenvalue weighted by molar-refractivity contribution is 7.09. The maximum atomic E-state index is 11.1. The highest BCUT2D eigenvalue weighted by Crippen LogP contribution is 2.10. The topological polar surface area (TPSA) is 56.8 Å². The molecule has 1 saturated heterocycles. The van der Waals surface area contributed by atoms with Crippen LogP contribution in [-0.2, 0) is 16.1 Å². The molecule has 0 spiro atoms. The molecule has 1 aliphatic heterocycles. The molecule has 1 unspecified atom stereocenters. The Balaban J connectivity index is 1.89. The summed E-state index contributed by atoms with van der Waals surface area (Å²) >= 11 is 1.72. The van der Waals surface area contributed by atoms with Crippen LogP contribution < -0.4 is 10.6 Å². The van der Waals surface area contributed by atoms with Crippen molar-refractivity contribution in [3.63, 3.8) is 0 Å². The van der Waals surface area contributed by atoms with E-state index in [2.05, 4.69) is 11.4 Å². The van der Waals surface area contributed by atoms with Crippen LogP contribution in [0.25, 0.3) is 0 Å². The van der Waals surface area contributed by atoms with Gasteiger partial charge in [-0.2, -0.15) is 0 Å². The van der Waals surface area contributed by atoms with Gasteiger partial charge in [-0.25, -0.2) is 0 Å². The third-order valence-corrected chi connectivity index (χ3v) is 3.85. The van der Waals surface area contributed by atoms with Gasteiger partial charge in [0.05, 0.1) is 4.88 Å². The second kappa shape index (κ2) is 6.14. The van der Waals surface area contributed by atoms with E-state index in [4.69, 9.17) is 10.5 Å². The first kappa shape index (κ1) is 12.5. The van der Waals surface area contributed by atoms with Gasteiger partial charge in [0.15, 0.2) is 6.54 Å². The smallest absolute Gasteiger partial charge is 0.272 e. The number of ether oxygens (including phenoxy) is 1. The van der Waals surface area contributed by atoms with Gasteiger partial charge in [0.2, 0.25) is 0 Å². The van der Waals surface area contributed by atoms with Crippen LogP contribution >= 0.6 is 11.3 Å². The van der Waals surface area contributed by atoms with Gasteiger partial charge < -0.3 is 15.4 Å². The standard InChI is InChI=1S/C12H18N2O2S/c13-12(15)9-14(7-10-3-1-5-16-10)8-11-4-2-6-17-11/h2,4,6,10H,1,3,5,7-9H2,(H2,13,15)/p+1/t10-/m1/s1. The Morgan fingerprint density at radius 3 is 3.12 bits per heavy atom. The summed E-state index contributed by atoms with van der Waals surface area (Å²) in [6.07, 6.45) is 2.53. The van der Waals surface area contributed by atoms with Gasteiger partial charge in [-0.15, -0.1) is 11.3 Å². The third-order valence-electron chi connectivity index (χ3n) is 2.97. The van der Waals surface area contributed by atoms with Gasteiger partial charge in [-0.3, -0.25) is 4.79 Å². The summed E-state index contributed by atoms with van der Waals surface area (Å²) in [6.45, 7) is 2.98. The Morgan fingerprint density at radius 2 is 2.53 bits per heavy atom. The van der Waals surface area contributed by atoms with Crippen molar-refractivity contribution in [2.75, 3.05) is 19.7 Å². The van der Waals surface area contributed by atoms with E-state index >= 15 is 0 Å². The average Bonchev–Trinajstić information content (AvgIpc) is 2.89. The van der Waals surface area contributed by atoms with E-state index in [-0.39, 0.29) is 5.91 Å². The van der Waals surface area contributed by atoms with Crippen LogP contribution in [0.3, 0.4) is 0 Å². The molecule has 1 aromatic heterocycles. The van der Waals surface area contributed by atoms with Crippen LogP contribution in [0.5, 0.6) is 0 Å². The lowest BCUT2D eigenvalue weighted by Gasteiger charge is -2.20. The minimum Gasteiger partial charge on any atom is -0.372 e. The fourth-order valence-corrected chi connectivity index (χ4v) is 3.02. The summed E-state index contributed by atoms with van der Waals surface area (Å²) in [5, 5.41) is 2.06. The lowest BCUT2D eigenvalue weighted by Crippen LogP contribution is -3.13. The summed E-state index contributed by atoms with van der Waals surface area (Å²) in [4.78, 5) is 13.6. The van der Waals surface area contributed by atoms with E-state index in [1.165, 1.54) is 9.78 Å². The zero-order valence-corrected chi connectivity index (χ0v) is 10.7. The molecule has 2 atom stereocenters. The number of rotatable bonds is 6. The van der Waals surface area contributed by atoms with Crippen LogP contribution in [0.2, 0.25) is 0 Å². The first-order valence-electron chi connectivity index (χ1n) is 6.00. The normalized spacial score (nSPS) is 21.5. The van der Waals surface area contributed by atoms with Crippen molar-refractivity contribution in [2.24, 2.45) is 5.73 Å². The van der Waals surface area contributed by atoms with Gasteiger partial charge in [-0.1, -0.05) is 6.07 Å². The van der Waals surface area contributed by atoms with Gasteiger partial charge in [-0.05, 0) is 24.3 Å². The van der Waals surface area contributed by atoms with Crippen molar-refractivity contribution >= 4 is 17.2 Å². The molecule has 0 aliphatic carbocycles. The van der Waals surface area contributed by atoms with Crippen LogP contribution in [-0.4, -0.2) is 31.7 Å². The maximum Gasteiger partial charge on any atom is 0.272 e. The largest absolute Gasteiger partial charge is 0.372 e. The van der Waals surface area contributed by atoms with Crippen molar-refractivity contribution in [3.05, 3.63) is 22.4 Å². The zero-order chi connectivity index (χ0) is 12.1. The molecule has 2 rings (SSSR count). The predicted octanol–water partition coefficient (Wildman–Crippen LogP) is -0.203. The molecular formula is C12H19N2O2S+. The summed E-state index contributed by atoms with van der Waals surface area (Å²) in [7, 11) is 0. The number of thiophene rings is 1. The van der Waals surface area contributed by atoms with E-state index in [0.717, 1.165) is 32.5 Å². The second-order valence-electron chi connectivity index (χ2n) is 4.49. The quantitative estimate of drug-likeness (QED) is 0.739. The van der Waals surface area contributed by atoms with Gasteiger partial charge in [0, 0.05) is 6.61 Å². The minimum atomic E-state index is -0.241. The molecule has 1 aliphatic rings. The number of nitrogens with two attached hydrogens (primary N) is 1. The Hall–Kier alpha value is -0.910. The number of amides is 1. The first-order chi connectivity index (χ1) is 8.24. The van der Waals surface area contributed by atoms with Crippen molar-refractivity contribution in [1.29, 1.82) is 0 Å². The van der Waals surface area contributed by atoms with Crippen molar-refractivity contribution < 1.29 is 14.4 Å². The van der Waals surface area contributed by atoms with Crippen molar-refractivity contribution in [2.45, 2.75) is 25.5 Å². The summed E-state index contributed by atoms with van der Waals surface area (Å²) in [6, 6.07) is 4.13. The van der Waals surface area contributed by atoms with E-state index in [9.17, 15) is 4.79 Å². The molecule has 2 heterocycles. The molecule has 1 amide bonds. The molecule has 94 valence electrons. The number of nitrogens with one attached hydrogen (secondary N) is 1. The van der Waals surface area contributed by atoms with Gasteiger partial charge in [0.1, 0.15) is 19.2 Å². The molecule has 0 bridgehead atoms. The predicted molar refractivity (Wildman–Crippen MR) is 66.9 cm³/mol. The fraction of sp³-hybridized carbons (Fsp3) is 0.583. The molecule has 0 radical (unpaired) electrons. The van der Waals surface area contributed by atoms with E-state index in [1.54, 1.807) is 11.3 Å². The number of primary amides is 1. The number of carbonyl (C=O) groups is 1. The Morgan fingerprint density at radius 1 is 1.65 bits per heavy atom. The average molecular weight is 255 g/mol. The fourth-order valence-electron chi connectivity index (χ4n) is 2.24. The molecule has 3 N–H and O–H groups in total. The summed E-state index contributed by atoms with van der Waals surface area (Å²) in [5.41, 5.74) is 5.30. The second-order valence-corrected chi connectivity index (χ2v) is 5.52. The van der Waals surface area contributed by atoms with Crippen LogP contribution in [0, 0.1) is 0 Å². The summed E-state index contributed by atoms with van der Waals surface area (Å²) in [5.74, 6) is -0.241. The molecule has 5 heteroatoms. The molecule has 0 aromatic carbocycles. The lowest BCUT2D eigenvalue weighted by atomic mass is 10.2. The molecular weight excluding hydrogens is 236 g/mol. The monoisotopic (exact) mass is 255 g/mol. The highest BCUT2D eigenvalue weighted by Gasteiger charge is 2.23.